The summed E-state index contributed by atoms with van der Waals surface area (Å²) in [6.45, 7) is 6.43. The van der Waals surface area contributed by atoms with Crippen molar-refractivity contribution >= 4 is 33.1 Å². The van der Waals surface area contributed by atoms with Crippen molar-refractivity contribution in [2.24, 2.45) is 22.7 Å². The van der Waals surface area contributed by atoms with Crippen LogP contribution in [0.15, 0.2) is 54.6 Å². The fourth-order valence-corrected chi connectivity index (χ4v) is 5.82. The number of rotatable bonds is 2. The van der Waals surface area contributed by atoms with Crippen molar-refractivity contribution in [2.45, 2.75) is 33.6 Å². The zero-order valence-corrected chi connectivity index (χ0v) is 16.1. The normalized spacial score (nSPS) is 28.9. The summed E-state index contributed by atoms with van der Waals surface area (Å²) in [5.41, 5.74) is 0.234. The second-order valence-corrected chi connectivity index (χ2v) is 9.10. The quantitative estimate of drug-likeness (QED) is 0.329. The van der Waals surface area contributed by atoms with Gasteiger partial charge < -0.3 is 0 Å². The number of benzene rings is 3. The standard InChI is InChI=1S/C25H24O2/c1-24(2)19-12-13-25(24,3)23(27)21(19)22(26)20-17-10-6-4-8-15(17)14-16-9-5-7-11-18(16)20/h4-11,14,19,21H,12-13H2,1-3H3/t19-,21+,25+/m1/s1. The second-order valence-electron chi connectivity index (χ2n) is 9.10. The maximum Gasteiger partial charge on any atom is 0.174 e. The van der Waals surface area contributed by atoms with E-state index in [4.69, 9.17) is 0 Å². The molecule has 2 nitrogen and oxygen atoms in total. The van der Waals surface area contributed by atoms with Crippen LogP contribution >= 0.6 is 0 Å². The lowest BCUT2D eigenvalue weighted by Gasteiger charge is -2.32. The minimum Gasteiger partial charge on any atom is -0.298 e. The van der Waals surface area contributed by atoms with Crippen LogP contribution in [0.2, 0.25) is 0 Å². The summed E-state index contributed by atoms with van der Waals surface area (Å²) in [5.74, 6) is -0.187. The molecule has 2 heteroatoms. The van der Waals surface area contributed by atoms with Gasteiger partial charge in [-0.05, 0) is 51.8 Å². The van der Waals surface area contributed by atoms with Gasteiger partial charge in [0.25, 0.3) is 0 Å². The Labute approximate surface area is 159 Å². The van der Waals surface area contributed by atoms with Crippen LogP contribution in [-0.2, 0) is 4.79 Å². The molecule has 3 atom stereocenters. The van der Waals surface area contributed by atoms with E-state index in [1.807, 2.05) is 48.5 Å². The fraction of sp³-hybridized carbons (Fsp3) is 0.360. The molecule has 5 rings (SSSR count). The number of carbonyl (C=O) groups is 2. The topological polar surface area (TPSA) is 34.1 Å². The highest BCUT2D eigenvalue weighted by Gasteiger charge is 2.67. The average molecular weight is 356 g/mol. The Morgan fingerprint density at radius 1 is 0.926 bits per heavy atom. The lowest BCUT2D eigenvalue weighted by molar-refractivity contribution is -0.130. The van der Waals surface area contributed by atoms with Crippen molar-refractivity contribution in [3.8, 4) is 0 Å². The SMILES string of the molecule is CC1(C)[C@@H]2CC[C@@]1(C)C(=O)[C@@H]2C(=O)c1c2ccccc2cc2ccccc12. The maximum atomic E-state index is 13.9. The van der Waals surface area contributed by atoms with Gasteiger partial charge in [-0.2, -0.15) is 0 Å². The molecule has 0 heterocycles. The molecule has 2 saturated carbocycles. The molecule has 0 saturated heterocycles. The fourth-order valence-electron chi connectivity index (χ4n) is 5.82. The van der Waals surface area contributed by atoms with Crippen LogP contribution in [0.3, 0.4) is 0 Å². The van der Waals surface area contributed by atoms with Crippen molar-refractivity contribution in [1.82, 2.24) is 0 Å². The molecule has 0 N–H and O–H groups in total. The van der Waals surface area contributed by atoms with Crippen molar-refractivity contribution < 1.29 is 9.59 Å². The highest BCUT2D eigenvalue weighted by molar-refractivity contribution is 6.25. The molecule has 0 spiro atoms. The summed E-state index contributed by atoms with van der Waals surface area (Å²) in [7, 11) is 0. The molecule has 0 radical (unpaired) electrons. The smallest absolute Gasteiger partial charge is 0.174 e. The number of ketones is 2. The van der Waals surface area contributed by atoms with Crippen LogP contribution in [0.4, 0.5) is 0 Å². The Bertz CT molecular complexity index is 1070. The van der Waals surface area contributed by atoms with Crippen LogP contribution in [0.5, 0.6) is 0 Å². The monoisotopic (exact) mass is 356 g/mol. The van der Waals surface area contributed by atoms with Gasteiger partial charge in [-0.25, -0.2) is 0 Å². The van der Waals surface area contributed by atoms with Gasteiger partial charge in [0.05, 0.1) is 5.92 Å². The molecular weight excluding hydrogens is 332 g/mol. The van der Waals surface area contributed by atoms with Crippen molar-refractivity contribution in [3.63, 3.8) is 0 Å². The van der Waals surface area contributed by atoms with Gasteiger partial charge in [-0.1, -0.05) is 69.3 Å². The second kappa shape index (κ2) is 5.28. The first-order valence-electron chi connectivity index (χ1n) is 9.85. The Morgan fingerprint density at radius 3 is 2.00 bits per heavy atom. The third-order valence-corrected chi connectivity index (χ3v) is 7.83. The molecule has 3 aromatic rings. The summed E-state index contributed by atoms with van der Waals surface area (Å²) >= 11 is 0. The van der Waals surface area contributed by atoms with Gasteiger partial charge in [-0.3, -0.25) is 9.59 Å². The van der Waals surface area contributed by atoms with Crippen LogP contribution in [-0.4, -0.2) is 11.6 Å². The Balaban J connectivity index is 1.77. The number of hydrogen-bond acceptors (Lipinski definition) is 2. The number of carbonyl (C=O) groups excluding carboxylic acids is 2. The number of Topliss-reactive ketones (excluding diaryl/α,β-unsaturated/α-hetero) is 2. The molecule has 0 aliphatic heterocycles. The van der Waals surface area contributed by atoms with Crippen LogP contribution in [0.1, 0.15) is 44.0 Å². The molecule has 3 aromatic carbocycles. The summed E-state index contributed by atoms with van der Waals surface area (Å²) < 4.78 is 0. The predicted octanol–water partition coefficient (Wildman–Crippen LogP) is 5.82. The van der Waals surface area contributed by atoms with Crippen LogP contribution in [0, 0.1) is 22.7 Å². The van der Waals surface area contributed by atoms with Crippen molar-refractivity contribution in [3.05, 3.63) is 60.2 Å². The van der Waals surface area contributed by atoms with E-state index >= 15 is 0 Å². The van der Waals surface area contributed by atoms with Gasteiger partial charge in [0.1, 0.15) is 5.78 Å². The van der Waals surface area contributed by atoms with Crippen LogP contribution < -0.4 is 0 Å². The molecule has 27 heavy (non-hydrogen) atoms. The number of hydrogen-bond donors (Lipinski definition) is 0. The molecule has 2 bridgehead atoms. The third-order valence-electron chi connectivity index (χ3n) is 7.83. The minimum absolute atomic E-state index is 0.0227. The minimum atomic E-state index is -0.507. The van der Waals surface area contributed by atoms with Gasteiger partial charge >= 0.3 is 0 Å². The first-order chi connectivity index (χ1) is 12.9. The van der Waals surface area contributed by atoms with Gasteiger partial charge in [-0.15, -0.1) is 0 Å². The third kappa shape index (κ3) is 1.96. The Hall–Kier alpha value is -2.48. The zero-order valence-electron chi connectivity index (χ0n) is 16.1. The summed E-state index contributed by atoms with van der Waals surface area (Å²) in [5, 5.41) is 4.03. The summed E-state index contributed by atoms with van der Waals surface area (Å²) in [6.07, 6.45) is 1.87. The van der Waals surface area contributed by atoms with Crippen molar-refractivity contribution in [1.29, 1.82) is 0 Å². The van der Waals surface area contributed by atoms with Crippen LogP contribution in [0.25, 0.3) is 21.5 Å². The van der Waals surface area contributed by atoms with Gasteiger partial charge in [0, 0.05) is 11.0 Å². The lowest BCUT2D eigenvalue weighted by atomic mass is 9.70. The lowest BCUT2D eigenvalue weighted by Crippen LogP contribution is -2.35. The van der Waals surface area contributed by atoms with E-state index in [1.165, 1.54) is 0 Å². The van der Waals surface area contributed by atoms with Gasteiger partial charge in [0.2, 0.25) is 0 Å². The predicted molar refractivity (Wildman–Crippen MR) is 109 cm³/mol. The molecule has 2 aliphatic rings. The Kier molecular flexibility index (Phi) is 3.26. The van der Waals surface area contributed by atoms with Gasteiger partial charge in [0.15, 0.2) is 5.78 Å². The molecule has 0 aromatic heterocycles. The highest BCUT2D eigenvalue weighted by atomic mass is 16.2. The summed E-state index contributed by atoms with van der Waals surface area (Å²) in [4.78, 5) is 27.3. The highest BCUT2D eigenvalue weighted by Crippen LogP contribution is 2.66. The van der Waals surface area contributed by atoms with E-state index in [2.05, 4.69) is 26.8 Å². The Morgan fingerprint density at radius 2 is 1.48 bits per heavy atom. The maximum absolute atomic E-state index is 13.9. The van der Waals surface area contributed by atoms with Crippen molar-refractivity contribution in [2.75, 3.05) is 0 Å². The van der Waals surface area contributed by atoms with E-state index in [9.17, 15) is 9.59 Å². The van der Waals surface area contributed by atoms with E-state index in [1.54, 1.807) is 0 Å². The molecule has 0 unspecified atom stereocenters. The van der Waals surface area contributed by atoms with E-state index in [0.29, 0.717) is 0 Å². The first-order valence-corrected chi connectivity index (χ1v) is 9.85. The van der Waals surface area contributed by atoms with E-state index in [-0.39, 0.29) is 28.3 Å². The molecule has 0 amide bonds. The molecule has 2 fully saturated rings. The van der Waals surface area contributed by atoms with E-state index < -0.39 is 5.92 Å². The molecular formula is C25H24O2. The average Bonchev–Trinajstić information content (AvgIpc) is 2.98. The van der Waals surface area contributed by atoms with E-state index in [0.717, 1.165) is 39.9 Å². The molecule has 136 valence electrons. The summed E-state index contributed by atoms with van der Waals surface area (Å²) in [6, 6.07) is 18.2. The largest absolute Gasteiger partial charge is 0.298 e. The first kappa shape index (κ1) is 16.7. The zero-order chi connectivity index (χ0) is 19.0. The molecule has 2 aliphatic carbocycles. The number of fused-ring (bicyclic) bond motifs is 4.